The minimum atomic E-state index is 0.0577. The van der Waals surface area contributed by atoms with Crippen LogP contribution in [0.1, 0.15) is 32.2 Å². The van der Waals surface area contributed by atoms with E-state index in [0.717, 1.165) is 18.0 Å². The Kier molecular flexibility index (Phi) is 6.18. The van der Waals surface area contributed by atoms with Gasteiger partial charge in [-0.2, -0.15) is 0 Å². The molecule has 5 heteroatoms. The monoisotopic (exact) mass is 242 g/mol. The molecule has 0 saturated carbocycles. The van der Waals surface area contributed by atoms with Gasteiger partial charge in [0.05, 0.1) is 18.4 Å². The topological polar surface area (TPSA) is 56.5 Å². The molecule has 0 aliphatic heterocycles. The summed E-state index contributed by atoms with van der Waals surface area (Å²) < 4.78 is 15.7. The van der Waals surface area contributed by atoms with E-state index < -0.39 is 0 Å². The van der Waals surface area contributed by atoms with Gasteiger partial charge in [-0.3, -0.25) is 0 Å². The van der Waals surface area contributed by atoms with Crippen molar-refractivity contribution in [2.45, 2.75) is 46.1 Å². The summed E-state index contributed by atoms with van der Waals surface area (Å²) in [5.74, 6) is 0.744. The Balaban J connectivity index is 2.30. The van der Waals surface area contributed by atoms with Gasteiger partial charge < -0.3 is 19.3 Å². The summed E-state index contributed by atoms with van der Waals surface area (Å²) in [6, 6.07) is 2.35. The van der Waals surface area contributed by atoms with E-state index in [4.69, 9.17) is 14.0 Å². The quantitative estimate of drug-likeness (QED) is 0.752. The zero-order valence-corrected chi connectivity index (χ0v) is 11.0. The van der Waals surface area contributed by atoms with Crippen molar-refractivity contribution in [3.63, 3.8) is 0 Å². The van der Waals surface area contributed by atoms with Crippen molar-refractivity contribution in [2.75, 3.05) is 13.7 Å². The maximum atomic E-state index is 5.53. The zero-order valence-electron chi connectivity index (χ0n) is 11.0. The smallest absolute Gasteiger partial charge is 0.162 e. The average Bonchev–Trinajstić information content (AvgIpc) is 2.72. The van der Waals surface area contributed by atoms with E-state index in [-0.39, 0.29) is 6.10 Å². The van der Waals surface area contributed by atoms with Crippen LogP contribution in [-0.4, -0.2) is 31.0 Å². The second kappa shape index (κ2) is 7.42. The van der Waals surface area contributed by atoms with Crippen molar-refractivity contribution in [3.8, 4) is 0 Å². The van der Waals surface area contributed by atoms with Crippen LogP contribution >= 0.6 is 0 Å². The maximum absolute atomic E-state index is 5.53. The van der Waals surface area contributed by atoms with Crippen LogP contribution < -0.4 is 5.32 Å². The van der Waals surface area contributed by atoms with Crippen LogP contribution in [0, 0.1) is 0 Å². The molecule has 0 spiro atoms. The Morgan fingerprint density at radius 3 is 2.82 bits per heavy atom. The number of hydrogen-bond acceptors (Lipinski definition) is 5. The highest BCUT2D eigenvalue weighted by Gasteiger charge is 2.07. The molecule has 0 saturated heterocycles. The molecule has 5 nitrogen and oxygen atoms in total. The van der Waals surface area contributed by atoms with Crippen molar-refractivity contribution < 1.29 is 14.0 Å². The minimum Gasteiger partial charge on any atom is -0.382 e. The van der Waals surface area contributed by atoms with Gasteiger partial charge in [-0.1, -0.05) is 19.0 Å². The van der Waals surface area contributed by atoms with Crippen molar-refractivity contribution in [2.24, 2.45) is 0 Å². The van der Waals surface area contributed by atoms with Crippen LogP contribution in [0.3, 0.4) is 0 Å². The number of nitrogens with one attached hydrogen (secondary N) is 1. The third-order valence-electron chi connectivity index (χ3n) is 2.21. The van der Waals surface area contributed by atoms with E-state index in [1.54, 1.807) is 7.11 Å². The number of methoxy groups -OCH3 is 1. The molecule has 0 aliphatic rings. The van der Waals surface area contributed by atoms with Crippen molar-refractivity contribution >= 4 is 0 Å². The van der Waals surface area contributed by atoms with Gasteiger partial charge in [0.25, 0.3) is 0 Å². The average molecular weight is 242 g/mol. The van der Waals surface area contributed by atoms with Gasteiger partial charge >= 0.3 is 0 Å². The fraction of sp³-hybridized carbons (Fsp3) is 0.750. The van der Waals surface area contributed by atoms with Crippen LogP contribution in [0.5, 0.6) is 0 Å². The highest BCUT2D eigenvalue weighted by Crippen LogP contribution is 2.07. The second-order valence-corrected chi connectivity index (χ2v) is 4.40. The highest BCUT2D eigenvalue weighted by molar-refractivity contribution is 5.04. The van der Waals surface area contributed by atoms with Gasteiger partial charge in [0.1, 0.15) is 6.61 Å². The Hall–Kier alpha value is -0.910. The Morgan fingerprint density at radius 1 is 1.41 bits per heavy atom. The summed E-state index contributed by atoms with van der Waals surface area (Å²) in [5, 5.41) is 7.24. The molecule has 0 bridgehead atoms. The number of ether oxygens (including phenoxy) is 2. The van der Waals surface area contributed by atoms with Crippen molar-refractivity contribution in [1.82, 2.24) is 10.5 Å². The highest BCUT2D eigenvalue weighted by atomic mass is 16.5. The first-order chi connectivity index (χ1) is 8.11. The van der Waals surface area contributed by atoms with Crippen LogP contribution in [0.2, 0.25) is 0 Å². The van der Waals surface area contributed by atoms with Gasteiger partial charge in [-0.15, -0.1) is 0 Å². The van der Waals surface area contributed by atoms with Gasteiger partial charge in [0, 0.05) is 25.8 Å². The van der Waals surface area contributed by atoms with E-state index in [9.17, 15) is 0 Å². The normalized spacial score (nSPS) is 13.2. The fourth-order valence-electron chi connectivity index (χ4n) is 1.32. The number of rotatable bonds is 8. The first-order valence-electron chi connectivity index (χ1n) is 5.90. The van der Waals surface area contributed by atoms with E-state index in [1.807, 2.05) is 13.0 Å². The molecule has 1 N–H and O–H groups in total. The first-order valence-corrected chi connectivity index (χ1v) is 5.90. The summed E-state index contributed by atoms with van der Waals surface area (Å²) in [6.07, 6.45) is 0.0577. The summed E-state index contributed by atoms with van der Waals surface area (Å²) in [7, 11) is 1.66. The molecule has 17 heavy (non-hydrogen) atoms. The third kappa shape index (κ3) is 5.81. The zero-order chi connectivity index (χ0) is 12.7. The molecule has 1 aromatic heterocycles. The molecule has 0 fully saturated rings. The molecular weight excluding hydrogens is 220 g/mol. The van der Waals surface area contributed by atoms with Crippen LogP contribution in [0.4, 0.5) is 0 Å². The molecule has 0 aromatic carbocycles. The first kappa shape index (κ1) is 14.2. The van der Waals surface area contributed by atoms with Crippen molar-refractivity contribution in [3.05, 3.63) is 17.5 Å². The van der Waals surface area contributed by atoms with Crippen LogP contribution in [-0.2, 0) is 22.6 Å². The Bertz CT molecular complexity index is 312. The Labute approximate surface area is 102 Å². The predicted octanol–water partition coefficient (Wildman–Crippen LogP) is 1.72. The molecule has 98 valence electrons. The maximum Gasteiger partial charge on any atom is 0.162 e. The molecule has 1 aromatic rings. The second-order valence-electron chi connectivity index (χ2n) is 4.40. The summed E-state index contributed by atoms with van der Waals surface area (Å²) in [5.41, 5.74) is 0.900. The van der Waals surface area contributed by atoms with E-state index >= 15 is 0 Å². The number of aromatic nitrogens is 1. The molecule has 0 aliphatic carbocycles. The van der Waals surface area contributed by atoms with E-state index in [0.29, 0.717) is 19.3 Å². The molecule has 1 heterocycles. The van der Waals surface area contributed by atoms with Gasteiger partial charge in [0.15, 0.2) is 5.76 Å². The van der Waals surface area contributed by atoms with Crippen LogP contribution in [0.15, 0.2) is 10.6 Å². The largest absolute Gasteiger partial charge is 0.382 e. The lowest BCUT2D eigenvalue weighted by atomic mass is 10.3. The van der Waals surface area contributed by atoms with Gasteiger partial charge in [-0.05, 0) is 6.92 Å². The summed E-state index contributed by atoms with van der Waals surface area (Å²) >= 11 is 0. The lowest BCUT2D eigenvalue weighted by molar-refractivity contribution is -0.00792. The molecule has 1 atom stereocenters. The molecule has 1 unspecified atom stereocenters. The Morgan fingerprint density at radius 2 is 2.18 bits per heavy atom. The third-order valence-corrected chi connectivity index (χ3v) is 2.21. The van der Waals surface area contributed by atoms with Crippen molar-refractivity contribution in [1.29, 1.82) is 0 Å². The van der Waals surface area contributed by atoms with Crippen LogP contribution in [0.25, 0.3) is 0 Å². The molecule has 1 rings (SSSR count). The minimum absolute atomic E-state index is 0.0577. The summed E-state index contributed by atoms with van der Waals surface area (Å²) in [6.45, 7) is 7.87. The molecular formula is C12H22N2O3. The number of nitrogens with zero attached hydrogens (tertiary/aromatic N) is 1. The van der Waals surface area contributed by atoms with E-state index in [2.05, 4.69) is 24.3 Å². The lowest BCUT2D eigenvalue weighted by Gasteiger charge is -2.09. The summed E-state index contributed by atoms with van der Waals surface area (Å²) in [4.78, 5) is 0. The van der Waals surface area contributed by atoms with Gasteiger partial charge in [0.2, 0.25) is 0 Å². The van der Waals surface area contributed by atoms with Gasteiger partial charge in [-0.25, -0.2) is 0 Å². The molecule has 0 amide bonds. The molecule has 0 radical (unpaired) electrons. The SMILES string of the molecule is COCC(C)OCc1cc(CNC(C)C)no1. The predicted molar refractivity (Wildman–Crippen MR) is 64.6 cm³/mol. The van der Waals surface area contributed by atoms with E-state index in [1.165, 1.54) is 0 Å². The standard InChI is InChI=1S/C12H22N2O3/c1-9(2)13-6-11-5-12(17-14-11)8-16-10(3)7-15-4/h5,9-10,13H,6-8H2,1-4H3. The fourth-order valence-corrected chi connectivity index (χ4v) is 1.32. The number of hydrogen-bond donors (Lipinski definition) is 1. The lowest BCUT2D eigenvalue weighted by Crippen LogP contribution is -2.21.